The molecule has 1 fully saturated rings. The van der Waals surface area contributed by atoms with Gasteiger partial charge in [-0.05, 0) is 62.7 Å². The minimum absolute atomic E-state index is 0.743. The molecule has 4 heteroatoms. The molecule has 0 aliphatic carbocycles. The van der Waals surface area contributed by atoms with E-state index in [-0.39, 0.29) is 0 Å². The predicted molar refractivity (Wildman–Crippen MR) is 103 cm³/mol. The van der Waals surface area contributed by atoms with Gasteiger partial charge in [0.25, 0.3) is 0 Å². The molecule has 2 N–H and O–H groups in total. The first-order valence-corrected chi connectivity index (χ1v) is 9.29. The third kappa shape index (κ3) is 4.67. The highest BCUT2D eigenvalue weighted by Crippen LogP contribution is 2.16. The number of quaternary nitrogens is 1. The van der Waals surface area contributed by atoms with Crippen LogP contribution in [0.25, 0.3) is 0 Å². The zero-order valence-electron chi connectivity index (χ0n) is 15.3. The van der Waals surface area contributed by atoms with Crippen molar-refractivity contribution < 1.29 is 4.90 Å². The SMILES string of the molecule is CCC(C)[NH+](C)C1CCN(C(=S)Nc2ccc(C)c(C)c2)CC1. The maximum absolute atomic E-state index is 5.62. The van der Waals surface area contributed by atoms with Crippen LogP contribution < -0.4 is 10.2 Å². The Morgan fingerprint density at radius 3 is 2.52 bits per heavy atom. The molecule has 0 bridgehead atoms. The van der Waals surface area contributed by atoms with Crippen molar-refractivity contribution in [3.63, 3.8) is 0 Å². The van der Waals surface area contributed by atoms with Crippen molar-refractivity contribution in [3.05, 3.63) is 29.3 Å². The number of hydrogen-bond acceptors (Lipinski definition) is 1. The van der Waals surface area contributed by atoms with E-state index < -0.39 is 0 Å². The summed E-state index contributed by atoms with van der Waals surface area (Å²) in [4.78, 5) is 4.01. The van der Waals surface area contributed by atoms with Crippen molar-refractivity contribution in [1.82, 2.24) is 4.90 Å². The minimum Gasteiger partial charge on any atom is -0.349 e. The van der Waals surface area contributed by atoms with Crippen LogP contribution in [0.4, 0.5) is 5.69 Å². The lowest BCUT2D eigenvalue weighted by Gasteiger charge is -2.37. The van der Waals surface area contributed by atoms with E-state index in [0.717, 1.165) is 36.0 Å². The molecule has 1 aromatic carbocycles. The number of rotatable bonds is 4. The van der Waals surface area contributed by atoms with Gasteiger partial charge in [-0.3, -0.25) is 0 Å². The van der Waals surface area contributed by atoms with Gasteiger partial charge in [0, 0.05) is 31.6 Å². The average Bonchev–Trinajstić information content (AvgIpc) is 2.57. The molecule has 1 aliphatic heterocycles. The topological polar surface area (TPSA) is 19.7 Å². The smallest absolute Gasteiger partial charge is 0.173 e. The Morgan fingerprint density at radius 2 is 1.96 bits per heavy atom. The van der Waals surface area contributed by atoms with Gasteiger partial charge in [0.15, 0.2) is 5.11 Å². The third-order valence-corrected chi connectivity index (χ3v) is 5.93. The van der Waals surface area contributed by atoms with E-state index in [1.807, 2.05) is 0 Å². The number of hydrogen-bond donors (Lipinski definition) is 2. The normalized spacial score (nSPS) is 18.6. The van der Waals surface area contributed by atoms with Gasteiger partial charge < -0.3 is 15.1 Å². The van der Waals surface area contributed by atoms with Gasteiger partial charge in [0.1, 0.15) is 0 Å². The average molecular weight is 335 g/mol. The number of nitrogens with one attached hydrogen (secondary N) is 2. The van der Waals surface area contributed by atoms with E-state index in [2.05, 4.69) is 63.2 Å². The Labute approximate surface area is 147 Å². The zero-order chi connectivity index (χ0) is 17.0. The van der Waals surface area contributed by atoms with Crippen molar-refractivity contribution in [2.24, 2.45) is 0 Å². The first-order valence-electron chi connectivity index (χ1n) is 8.88. The molecule has 1 aliphatic rings. The molecule has 0 saturated carbocycles. The summed E-state index contributed by atoms with van der Waals surface area (Å²) < 4.78 is 0. The van der Waals surface area contributed by atoms with Crippen LogP contribution in [0.1, 0.15) is 44.2 Å². The maximum atomic E-state index is 5.62. The minimum atomic E-state index is 0.743. The second kappa shape index (κ2) is 8.11. The number of piperidine rings is 1. The van der Waals surface area contributed by atoms with Crippen LogP contribution >= 0.6 is 12.2 Å². The Hall–Kier alpha value is -1.13. The summed E-state index contributed by atoms with van der Waals surface area (Å²) in [6.45, 7) is 11.0. The van der Waals surface area contributed by atoms with Crippen LogP contribution in [0, 0.1) is 13.8 Å². The molecule has 3 nitrogen and oxygen atoms in total. The first kappa shape index (κ1) is 18.2. The van der Waals surface area contributed by atoms with Crippen molar-refractivity contribution in [2.75, 3.05) is 25.5 Å². The second-order valence-electron chi connectivity index (χ2n) is 7.04. The van der Waals surface area contributed by atoms with Gasteiger partial charge in [-0.1, -0.05) is 13.0 Å². The van der Waals surface area contributed by atoms with E-state index in [9.17, 15) is 0 Å². The lowest BCUT2D eigenvalue weighted by Crippen LogP contribution is -3.16. The zero-order valence-corrected chi connectivity index (χ0v) is 16.1. The molecule has 1 heterocycles. The first-order chi connectivity index (χ1) is 10.9. The Morgan fingerprint density at radius 1 is 1.30 bits per heavy atom. The molecular weight excluding hydrogens is 302 g/mol. The summed E-state index contributed by atoms with van der Waals surface area (Å²) in [5.41, 5.74) is 3.72. The van der Waals surface area contributed by atoms with E-state index >= 15 is 0 Å². The summed E-state index contributed by atoms with van der Waals surface area (Å²) in [5, 5.41) is 4.28. The van der Waals surface area contributed by atoms with E-state index in [4.69, 9.17) is 12.2 Å². The molecular formula is C19H32N3S+. The molecule has 1 saturated heterocycles. The lowest BCUT2D eigenvalue weighted by atomic mass is 10.0. The highest BCUT2D eigenvalue weighted by Gasteiger charge is 2.28. The molecule has 23 heavy (non-hydrogen) atoms. The van der Waals surface area contributed by atoms with E-state index in [0.29, 0.717) is 0 Å². The molecule has 0 radical (unpaired) electrons. The Balaban J connectivity index is 1.87. The molecule has 0 aromatic heterocycles. The van der Waals surface area contributed by atoms with Crippen molar-refractivity contribution in [2.45, 2.75) is 59.0 Å². The van der Waals surface area contributed by atoms with Crippen LogP contribution in [-0.4, -0.2) is 42.2 Å². The van der Waals surface area contributed by atoms with Crippen molar-refractivity contribution in [1.29, 1.82) is 0 Å². The van der Waals surface area contributed by atoms with Gasteiger partial charge in [0.05, 0.1) is 19.1 Å². The summed E-state index contributed by atoms with van der Waals surface area (Å²) in [5.74, 6) is 0. The van der Waals surface area contributed by atoms with Crippen LogP contribution in [0.2, 0.25) is 0 Å². The van der Waals surface area contributed by atoms with E-state index in [1.54, 1.807) is 4.90 Å². The monoisotopic (exact) mass is 334 g/mol. The predicted octanol–water partition coefficient (Wildman–Crippen LogP) is 2.78. The Kier molecular flexibility index (Phi) is 6.42. The van der Waals surface area contributed by atoms with Crippen LogP contribution in [0.15, 0.2) is 18.2 Å². The molecule has 128 valence electrons. The van der Waals surface area contributed by atoms with Gasteiger partial charge in [-0.2, -0.15) is 0 Å². The van der Waals surface area contributed by atoms with Gasteiger partial charge in [-0.25, -0.2) is 0 Å². The lowest BCUT2D eigenvalue weighted by molar-refractivity contribution is -0.930. The molecule has 0 amide bonds. The van der Waals surface area contributed by atoms with E-state index in [1.165, 1.54) is 30.4 Å². The Bertz CT molecular complexity index is 535. The van der Waals surface area contributed by atoms with Crippen LogP contribution in [0.3, 0.4) is 0 Å². The summed E-state index contributed by atoms with van der Waals surface area (Å²) in [6.07, 6.45) is 3.70. The molecule has 2 unspecified atom stereocenters. The fourth-order valence-corrected chi connectivity index (χ4v) is 3.58. The summed E-state index contributed by atoms with van der Waals surface area (Å²) in [7, 11) is 2.35. The molecule has 2 rings (SSSR count). The quantitative estimate of drug-likeness (QED) is 0.826. The van der Waals surface area contributed by atoms with Crippen molar-refractivity contribution in [3.8, 4) is 0 Å². The number of nitrogens with zero attached hydrogens (tertiary/aromatic N) is 1. The third-order valence-electron chi connectivity index (χ3n) is 5.57. The van der Waals surface area contributed by atoms with Gasteiger partial charge >= 0.3 is 0 Å². The number of thiocarbonyl (C=S) groups is 1. The maximum Gasteiger partial charge on any atom is 0.173 e. The summed E-state index contributed by atoms with van der Waals surface area (Å²) >= 11 is 5.62. The number of likely N-dealkylation sites (tertiary alicyclic amines) is 1. The molecule has 1 aromatic rings. The fourth-order valence-electron chi connectivity index (χ4n) is 3.28. The van der Waals surface area contributed by atoms with Crippen LogP contribution in [-0.2, 0) is 0 Å². The van der Waals surface area contributed by atoms with Crippen LogP contribution in [0.5, 0.6) is 0 Å². The molecule has 2 atom stereocenters. The second-order valence-corrected chi connectivity index (χ2v) is 7.43. The summed E-state index contributed by atoms with van der Waals surface area (Å²) in [6, 6.07) is 7.95. The van der Waals surface area contributed by atoms with Crippen molar-refractivity contribution >= 4 is 23.0 Å². The standard InChI is InChI=1S/C19H31N3S/c1-6-16(4)21(5)18-9-11-22(12-10-18)19(23)20-17-8-7-14(2)15(3)13-17/h7-8,13,16,18H,6,9-12H2,1-5H3,(H,20,23)/p+1. The van der Waals surface area contributed by atoms with Gasteiger partial charge in [-0.15, -0.1) is 0 Å². The highest BCUT2D eigenvalue weighted by atomic mass is 32.1. The highest BCUT2D eigenvalue weighted by molar-refractivity contribution is 7.80. The largest absolute Gasteiger partial charge is 0.349 e. The molecule has 0 spiro atoms. The fraction of sp³-hybridized carbons (Fsp3) is 0.632. The number of anilines is 1. The number of benzene rings is 1. The van der Waals surface area contributed by atoms with Gasteiger partial charge in [0.2, 0.25) is 0 Å². The number of aryl methyl sites for hydroxylation is 2.